The maximum atomic E-state index is 12.2. The molecule has 1 aliphatic rings. The van der Waals surface area contributed by atoms with E-state index in [0.717, 1.165) is 0 Å². The first kappa shape index (κ1) is 18.5. The number of nitrogens with one attached hydrogen (secondary N) is 2. The number of carbonyl (C=O) groups excluding carboxylic acids is 2. The second-order valence-corrected chi connectivity index (χ2v) is 6.82. The minimum absolute atomic E-state index is 0.0225. The minimum Gasteiger partial charge on any atom is -0.495 e. The molecule has 0 radical (unpaired) electrons. The summed E-state index contributed by atoms with van der Waals surface area (Å²) in [7, 11) is 1.40. The van der Waals surface area contributed by atoms with E-state index in [-0.39, 0.29) is 35.3 Å². The highest BCUT2D eigenvalue weighted by Gasteiger charge is 2.36. The van der Waals surface area contributed by atoms with Gasteiger partial charge in [-0.1, -0.05) is 0 Å². The Hall–Kier alpha value is -2.84. The van der Waals surface area contributed by atoms with Gasteiger partial charge in [0.1, 0.15) is 5.75 Å². The van der Waals surface area contributed by atoms with Gasteiger partial charge >= 0.3 is 6.03 Å². The molecule has 1 fully saturated rings. The van der Waals surface area contributed by atoms with Crippen LogP contribution in [0.4, 0.5) is 16.2 Å². The SMILES string of the molecule is COc1ccc([N+](=O)[O-])cc1NC(=O)NC1CC(=O)N(C(C)(C)C)C1. The molecule has 136 valence electrons. The number of benzene rings is 1. The lowest BCUT2D eigenvalue weighted by Crippen LogP contribution is -2.45. The first-order valence-electron chi connectivity index (χ1n) is 7.82. The lowest BCUT2D eigenvalue weighted by Gasteiger charge is -2.32. The molecule has 1 heterocycles. The molecule has 9 heteroatoms. The van der Waals surface area contributed by atoms with E-state index in [9.17, 15) is 19.7 Å². The molecule has 1 atom stereocenters. The van der Waals surface area contributed by atoms with Gasteiger partial charge in [0.15, 0.2) is 0 Å². The van der Waals surface area contributed by atoms with Crippen molar-refractivity contribution in [1.82, 2.24) is 10.2 Å². The van der Waals surface area contributed by atoms with Gasteiger partial charge in [0.25, 0.3) is 5.69 Å². The van der Waals surface area contributed by atoms with Gasteiger partial charge in [0.05, 0.1) is 23.8 Å². The lowest BCUT2D eigenvalue weighted by molar-refractivity contribution is -0.384. The second kappa shape index (κ2) is 6.96. The van der Waals surface area contributed by atoms with Crippen LogP contribution in [0.25, 0.3) is 0 Å². The van der Waals surface area contributed by atoms with Gasteiger partial charge < -0.3 is 20.3 Å². The standard InChI is InChI=1S/C16H22N4O5/c1-16(2,3)19-9-10(7-14(19)21)17-15(22)18-12-8-11(20(23)24)5-6-13(12)25-4/h5-6,8,10H,7,9H2,1-4H3,(H2,17,18,22). The largest absolute Gasteiger partial charge is 0.495 e. The first-order chi connectivity index (χ1) is 11.6. The van der Waals surface area contributed by atoms with Crippen LogP contribution in [0.3, 0.4) is 0 Å². The second-order valence-electron chi connectivity index (χ2n) is 6.82. The number of likely N-dealkylation sites (tertiary alicyclic amines) is 1. The van der Waals surface area contributed by atoms with Gasteiger partial charge in [-0.15, -0.1) is 0 Å². The van der Waals surface area contributed by atoms with Crippen molar-refractivity contribution < 1.29 is 19.2 Å². The van der Waals surface area contributed by atoms with Crippen LogP contribution < -0.4 is 15.4 Å². The predicted molar refractivity (Wildman–Crippen MR) is 91.7 cm³/mol. The summed E-state index contributed by atoms with van der Waals surface area (Å²) in [6.07, 6.45) is 0.219. The smallest absolute Gasteiger partial charge is 0.319 e. The highest BCUT2D eigenvalue weighted by molar-refractivity contribution is 5.92. The van der Waals surface area contributed by atoms with Gasteiger partial charge in [0.2, 0.25) is 5.91 Å². The number of urea groups is 1. The number of non-ortho nitro benzene ring substituents is 1. The summed E-state index contributed by atoms with van der Waals surface area (Å²) in [5, 5.41) is 16.1. The fraction of sp³-hybridized carbons (Fsp3) is 0.500. The third-order valence-corrected chi connectivity index (χ3v) is 3.91. The Morgan fingerprint density at radius 3 is 2.60 bits per heavy atom. The van der Waals surface area contributed by atoms with E-state index < -0.39 is 11.0 Å². The Bertz CT molecular complexity index is 698. The zero-order valence-corrected chi connectivity index (χ0v) is 14.7. The Kier molecular flexibility index (Phi) is 5.15. The van der Waals surface area contributed by atoms with Crippen molar-refractivity contribution in [3.8, 4) is 5.75 Å². The number of nitrogens with zero attached hydrogens (tertiary/aromatic N) is 2. The van der Waals surface area contributed by atoms with Crippen molar-refractivity contribution in [3.63, 3.8) is 0 Å². The maximum Gasteiger partial charge on any atom is 0.319 e. The molecule has 0 aliphatic carbocycles. The van der Waals surface area contributed by atoms with Crippen LogP contribution in [0.15, 0.2) is 18.2 Å². The van der Waals surface area contributed by atoms with Crippen molar-refractivity contribution in [2.45, 2.75) is 38.8 Å². The fourth-order valence-corrected chi connectivity index (χ4v) is 2.70. The Labute approximate surface area is 145 Å². The van der Waals surface area contributed by atoms with E-state index in [1.165, 1.54) is 25.3 Å². The number of hydrogen-bond donors (Lipinski definition) is 2. The van der Waals surface area contributed by atoms with Gasteiger partial charge in [0, 0.05) is 30.6 Å². The van der Waals surface area contributed by atoms with Crippen LogP contribution in [-0.4, -0.2) is 47.0 Å². The quantitative estimate of drug-likeness (QED) is 0.638. The number of nitro groups is 1. The Balaban J connectivity index is 2.05. The monoisotopic (exact) mass is 350 g/mol. The Morgan fingerprint density at radius 2 is 2.08 bits per heavy atom. The molecular weight excluding hydrogens is 328 g/mol. The zero-order valence-electron chi connectivity index (χ0n) is 14.7. The van der Waals surface area contributed by atoms with Crippen molar-refractivity contribution >= 4 is 23.3 Å². The number of nitro benzene ring substituents is 1. The average molecular weight is 350 g/mol. The predicted octanol–water partition coefficient (Wildman–Crippen LogP) is 2.12. The molecule has 1 aromatic rings. The summed E-state index contributed by atoms with van der Waals surface area (Å²) >= 11 is 0. The van der Waals surface area contributed by atoms with Gasteiger partial charge in [-0.25, -0.2) is 4.79 Å². The molecule has 0 bridgehead atoms. The number of ether oxygens (including phenoxy) is 1. The van der Waals surface area contributed by atoms with Crippen molar-refractivity contribution in [2.75, 3.05) is 19.0 Å². The summed E-state index contributed by atoms with van der Waals surface area (Å²) < 4.78 is 5.10. The molecule has 0 spiro atoms. The Morgan fingerprint density at radius 1 is 1.40 bits per heavy atom. The molecule has 1 aromatic carbocycles. The summed E-state index contributed by atoms with van der Waals surface area (Å²) in [6.45, 7) is 6.21. The molecule has 2 N–H and O–H groups in total. The molecule has 1 saturated heterocycles. The van der Waals surface area contributed by atoms with Gasteiger partial charge in [-0.05, 0) is 26.8 Å². The lowest BCUT2D eigenvalue weighted by atomic mass is 10.1. The van der Waals surface area contributed by atoms with E-state index >= 15 is 0 Å². The van der Waals surface area contributed by atoms with Crippen LogP contribution in [0.5, 0.6) is 5.75 Å². The van der Waals surface area contributed by atoms with E-state index in [4.69, 9.17) is 4.74 Å². The molecule has 1 unspecified atom stereocenters. The summed E-state index contributed by atoms with van der Waals surface area (Å²) in [6, 6.07) is 3.05. The molecular formula is C16H22N4O5. The highest BCUT2D eigenvalue weighted by atomic mass is 16.6. The third-order valence-electron chi connectivity index (χ3n) is 3.91. The van der Waals surface area contributed by atoms with Crippen LogP contribution in [0.2, 0.25) is 0 Å². The first-order valence-corrected chi connectivity index (χ1v) is 7.82. The average Bonchev–Trinajstić information content (AvgIpc) is 2.87. The van der Waals surface area contributed by atoms with Gasteiger partial charge in [-0.3, -0.25) is 14.9 Å². The number of rotatable bonds is 4. The molecule has 9 nitrogen and oxygen atoms in total. The molecule has 0 aromatic heterocycles. The van der Waals surface area contributed by atoms with E-state index in [1.54, 1.807) is 4.90 Å². The maximum absolute atomic E-state index is 12.2. The summed E-state index contributed by atoms with van der Waals surface area (Å²) in [5.74, 6) is 0.283. The molecule has 25 heavy (non-hydrogen) atoms. The van der Waals surface area contributed by atoms with E-state index in [0.29, 0.717) is 12.3 Å². The molecule has 1 aliphatic heterocycles. The number of carbonyl (C=O) groups is 2. The van der Waals surface area contributed by atoms with Crippen LogP contribution in [0.1, 0.15) is 27.2 Å². The van der Waals surface area contributed by atoms with Crippen LogP contribution in [-0.2, 0) is 4.79 Å². The summed E-state index contributed by atoms with van der Waals surface area (Å²) in [4.78, 5) is 36.3. The number of anilines is 1. The number of amides is 3. The van der Waals surface area contributed by atoms with Crippen LogP contribution >= 0.6 is 0 Å². The highest BCUT2D eigenvalue weighted by Crippen LogP contribution is 2.29. The molecule has 2 rings (SSSR count). The minimum atomic E-state index is -0.556. The van der Waals surface area contributed by atoms with Crippen molar-refractivity contribution in [1.29, 1.82) is 0 Å². The number of methoxy groups -OCH3 is 1. The third kappa shape index (κ3) is 4.37. The molecule has 0 saturated carbocycles. The number of hydrogen-bond acceptors (Lipinski definition) is 5. The van der Waals surface area contributed by atoms with Gasteiger partial charge in [-0.2, -0.15) is 0 Å². The van der Waals surface area contributed by atoms with E-state index in [1.807, 2.05) is 20.8 Å². The van der Waals surface area contributed by atoms with Crippen LogP contribution in [0, 0.1) is 10.1 Å². The fourth-order valence-electron chi connectivity index (χ4n) is 2.70. The topological polar surface area (TPSA) is 114 Å². The van der Waals surface area contributed by atoms with Crippen molar-refractivity contribution in [2.24, 2.45) is 0 Å². The normalized spacial score (nSPS) is 17.4. The zero-order chi connectivity index (χ0) is 18.8. The van der Waals surface area contributed by atoms with Crippen molar-refractivity contribution in [3.05, 3.63) is 28.3 Å². The van der Waals surface area contributed by atoms with E-state index in [2.05, 4.69) is 10.6 Å². The molecule has 3 amide bonds. The summed E-state index contributed by atoms with van der Waals surface area (Å²) in [5.41, 5.74) is -0.287.